The molecule has 0 atom stereocenters. The smallest absolute Gasteiger partial charge is 0.204 e. The van der Waals surface area contributed by atoms with Gasteiger partial charge in [0.05, 0.1) is 0 Å². The minimum atomic E-state index is 0.179. The molecule has 0 heterocycles. The quantitative estimate of drug-likeness (QED) is 0.511. The van der Waals surface area contributed by atoms with Crippen molar-refractivity contribution in [2.75, 3.05) is 0 Å². The Balaban J connectivity index is 0.000000292. The Morgan fingerprint density at radius 3 is 1.82 bits per heavy atom. The minimum absolute atomic E-state index is 0.179. The number of rotatable bonds is 0. The van der Waals surface area contributed by atoms with Crippen LogP contribution in [0, 0.1) is 0 Å². The Hall–Kier alpha value is -0.570. The molecule has 1 rings (SSSR count). The van der Waals surface area contributed by atoms with Crippen LogP contribution in [0.1, 0.15) is 39.0 Å². The van der Waals surface area contributed by atoms with Gasteiger partial charge in [0, 0.05) is 5.54 Å². The van der Waals surface area contributed by atoms with E-state index in [-0.39, 0.29) is 11.9 Å². The van der Waals surface area contributed by atoms with E-state index >= 15 is 0 Å². The van der Waals surface area contributed by atoms with Gasteiger partial charge in [-0.05, 0) is 19.8 Å². The van der Waals surface area contributed by atoms with Crippen LogP contribution in [-0.4, -0.2) is 11.9 Å². The standard InChI is InChI=1S/C7H15N.CH3NO/c1-7(8)5-3-2-4-6-7;2-1-3/h2-6,8H2,1H3;1H,(H2,2,3). The van der Waals surface area contributed by atoms with Crippen molar-refractivity contribution in [2.24, 2.45) is 11.5 Å². The van der Waals surface area contributed by atoms with Crippen LogP contribution in [0.3, 0.4) is 0 Å². The number of hydrogen-bond donors (Lipinski definition) is 2. The lowest BCUT2D eigenvalue weighted by atomic mass is 9.84. The first-order valence-electron chi connectivity index (χ1n) is 4.06. The Kier molecular flexibility index (Phi) is 4.86. The summed E-state index contributed by atoms with van der Waals surface area (Å²) in [5, 5.41) is 0. The lowest BCUT2D eigenvalue weighted by molar-refractivity contribution is -0.106. The van der Waals surface area contributed by atoms with Gasteiger partial charge in [0.25, 0.3) is 0 Å². The first kappa shape index (κ1) is 10.4. The zero-order valence-corrected chi connectivity index (χ0v) is 7.18. The van der Waals surface area contributed by atoms with Crippen molar-refractivity contribution in [3.63, 3.8) is 0 Å². The van der Waals surface area contributed by atoms with Gasteiger partial charge in [0.2, 0.25) is 6.41 Å². The van der Waals surface area contributed by atoms with Gasteiger partial charge in [-0.3, -0.25) is 4.79 Å². The van der Waals surface area contributed by atoms with Crippen molar-refractivity contribution in [2.45, 2.75) is 44.6 Å². The summed E-state index contributed by atoms with van der Waals surface area (Å²) < 4.78 is 0. The molecule has 1 aliphatic carbocycles. The maximum atomic E-state index is 8.58. The molecule has 0 bridgehead atoms. The van der Waals surface area contributed by atoms with Gasteiger partial charge in [-0.25, -0.2) is 0 Å². The van der Waals surface area contributed by atoms with Gasteiger partial charge in [-0.1, -0.05) is 19.3 Å². The lowest BCUT2D eigenvalue weighted by Gasteiger charge is -2.28. The molecule has 0 aromatic rings. The molecule has 3 heteroatoms. The second-order valence-electron chi connectivity index (χ2n) is 3.35. The highest BCUT2D eigenvalue weighted by Crippen LogP contribution is 2.24. The van der Waals surface area contributed by atoms with Gasteiger partial charge in [-0.15, -0.1) is 0 Å². The Bertz CT molecular complexity index is 105. The van der Waals surface area contributed by atoms with Crippen LogP contribution in [0.25, 0.3) is 0 Å². The molecular weight excluding hydrogens is 140 g/mol. The Labute approximate surface area is 68.1 Å². The van der Waals surface area contributed by atoms with Gasteiger partial charge < -0.3 is 11.5 Å². The molecule has 1 fully saturated rings. The van der Waals surface area contributed by atoms with Crippen molar-refractivity contribution in [3.05, 3.63) is 0 Å². The summed E-state index contributed by atoms with van der Waals surface area (Å²) in [7, 11) is 0. The number of nitrogens with two attached hydrogens (primary N) is 2. The van der Waals surface area contributed by atoms with Crippen LogP contribution in [0.2, 0.25) is 0 Å². The predicted molar refractivity (Wildman–Crippen MR) is 45.9 cm³/mol. The highest BCUT2D eigenvalue weighted by molar-refractivity contribution is 5.42. The topological polar surface area (TPSA) is 69.1 Å². The zero-order chi connectivity index (χ0) is 8.74. The highest BCUT2D eigenvalue weighted by atomic mass is 16.1. The summed E-state index contributed by atoms with van der Waals surface area (Å²) in [4.78, 5) is 8.58. The number of carbonyl (C=O) groups is 1. The first-order chi connectivity index (χ1) is 5.12. The summed E-state index contributed by atoms with van der Waals surface area (Å²) >= 11 is 0. The molecule has 0 aliphatic heterocycles. The average molecular weight is 158 g/mol. The van der Waals surface area contributed by atoms with E-state index in [9.17, 15) is 0 Å². The van der Waals surface area contributed by atoms with E-state index in [4.69, 9.17) is 10.5 Å². The molecule has 4 N–H and O–H groups in total. The summed E-state index contributed by atoms with van der Waals surface area (Å²) in [6.45, 7) is 2.16. The Morgan fingerprint density at radius 2 is 1.64 bits per heavy atom. The average Bonchev–Trinajstić information content (AvgIpc) is 1.88. The zero-order valence-electron chi connectivity index (χ0n) is 7.18. The van der Waals surface area contributed by atoms with Crippen molar-refractivity contribution < 1.29 is 4.79 Å². The van der Waals surface area contributed by atoms with Gasteiger partial charge >= 0.3 is 0 Å². The van der Waals surface area contributed by atoms with Gasteiger partial charge in [0.1, 0.15) is 0 Å². The first-order valence-corrected chi connectivity index (χ1v) is 4.06. The molecule has 0 saturated heterocycles. The van der Waals surface area contributed by atoms with Crippen LogP contribution in [0.4, 0.5) is 0 Å². The maximum absolute atomic E-state index is 8.58. The summed E-state index contributed by atoms with van der Waals surface area (Å²) in [6.07, 6.45) is 6.78. The van der Waals surface area contributed by atoms with Crippen molar-refractivity contribution in [1.29, 1.82) is 0 Å². The summed E-state index contributed by atoms with van der Waals surface area (Å²) in [5.41, 5.74) is 10.2. The molecule has 0 aromatic carbocycles. The van der Waals surface area contributed by atoms with Crippen molar-refractivity contribution in [3.8, 4) is 0 Å². The molecule has 1 aliphatic rings. The molecule has 1 saturated carbocycles. The fourth-order valence-electron chi connectivity index (χ4n) is 1.36. The van der Waals surface area contributed by atoms with E-state index in [1.165, 1.54) is 32.1 Å². The SMILES string of the molecule is CC1(N)CCCCC1.NC=O. The fourth-order valence-corrected chi connectivity index (χ4v) is 1.36. The molecule has 0 spiro atoms. The van der Waals surface area contributed by atoms with Crippen molar-refractivity contribution in [1.82, 2.24) is 0 Å². The molecule has 0 aromatic heterocycles. The second kappa shape index (κ2) is 5.13. The largest absolute Gasteiger partial charge is 0.372 e. The van der Waals surface area contributed by atoms with Crippen LogP contribution >= 0.6 is 0 Å². The van der Waals surface area contributed by atoms with Crippen LogP contribution in [0.5, 0.6) is 0 Å². The highest BCUT2D eigenvalue weighted by Gasteiger charge is 2.20. The third-order valence-corrected chi connectivity index (χ3v) is 2.00. The fraction of sp³-hybridized carbons (Fsp3) is 0.875. The van der Waals surface area contributed by atoms with E-state index in [1.807, 2.05) is 0 Å². The number of primary amides is 1. The molecule has 0 unspecified atom stereocenters. The molecule has 1 amide bonds. The van der Waals surface area contributed by atoms with Crippen molar-refractivity contribution >= 4 is 6.41 Å². The third kappa shape index (κ3) is 5.85. The van der Waals surface area contributed by atoms with E-state index in [0.717, 1.165) is 0 Å². The number of hydrogen-bond acceptors (Lipinski definition) is 2. The van der Waals surface area contributed by atoms with Gasteiger partial charge in [-0.2, -0.15) is 0 Å². The molecule has 0 radical (unpaired) electrons. The normalized spacial score (nSPS) is 21.3. The minimum Gasteiger partial charge on any atom is -0.372 e. The van der Waals surface area contributed by atoms with Crippen LogP contribution in [0.15, 0.2) is 0 Å². The third-order valence-electron chi connectivity index (χ3n) is 2.00. The molecule has 11 heavy (non-hydrogen) atoms. The second-order valence-corrected chi connectivity index (χ2v) is 3.35. The predicted octanol–water partition coefficient (Wildman–Crippen LogP) is 0.769. The Morgan fingerprint density at radius 1 is 1.27 bits per heavy atom. The van der Waals surface area contributed by atoms with Crippen LogP contribution in [-0.2, 0) is 4.79 Å². The lowest BCUT2D eigenvalue weighted by Crippen LogP contribution is -2.37. The molecule has 3 nitrogen and oxygen atoms in total. The van der Waals surface area contributed by atoms with Gasteiger partial charge in [0.15, 0.2) is 0 Å². The monoisotopic (exact) mass is 158 g/mol. The molecule has 66 valence electrons. The van der Waals surface area contributed by atoms with E-state index < -0.39 is 0 Å². The number of carbonyl (C=O) groups excluding carboxylic acids is 1. The van der Waals surface area contributed by atoms with E-state index in [2.05, 4.69) is 12.7 Å². The maximum Gasteiger partial charge on any atom is 0.204 e. The summed E-state index contributed by atoms with van der Waals surface area (Å²) in [5.74, 6) is 0. The number of amides is 1. The van der Waals surface area contributed by atoms with E-state index in [1.54, 1.807) is 0 Å². The summed E-state index contributed by atoms with van der Waals surface area (Å²) in [6, 6.07) is 0. The van der Waals surface area contributed by atoms with E-state index in [0.29, 0.717) is 0 Å². The van der Waals surface area contributed by atoms with Crippen LogP contribution < -0.4 is 11.5 Å². The molecular formula is C8H18N2O.